The topological polar surface area (TPSA) is 46.3 Å². The number of thioether (sulfide) groups is 1. The molecule has 0 saturated carbocycles. The molecule has 128 valence electrons. The van der Waals surface area contributed by atoms with Crippen molar-refractivity contribution in [3.63, 3.8) is 0 Å². The van der Waals surface area contributed by atoms with Crippen LogP contribution in [-0.4, -0.2) is 28.9 Å². The highest BCUT2D eigenvalue weighted by atomic mass is 35.5. The number of hydrogen-bond donors (Lipinski definition) is 1. The van der Waals surface area contributed by atoms with Crippen LogP contribution in [0.4, 0.5) is 5.69 Å². The number of rotatable bonds is 2. The highest BCUT2D eigenvalue weighted by Gasteiger charge is 2.29. The van der Waals surface area contributed by atoms with Gasteiger partial charge in [-0.3, -0.25) is 4.79 Å². The van der Waals surface area contributed by atoms with Gasteiger partial charge in [0.25, 0.3) is 5.91 Å². The van der Waals surface area contributed by atoms with Gasteiger partial charge in [0.2, 0.25) is 0 Å². The average molecular weight is 363 g/mol. The molecule has 1 aliphatic heterocycles. The van der Waals surface area contributed by atoms with E-state index in [0.29, 0.717) is 11.3 Å². The molecular formula is C19H23ClN2OS. The Hall–Kier alpha value is -1.65. The number of halogens is 1. The molecule has 1 saturated heterocycles. The summed E-state index contributed by atoms with van der Waals surface area (Å²) in [4.78, 5) is 15.1. The number of hydrogen-bond acceptors (Lipinski definition) is 3. The first-order valence-corrected chi connectivity index (χ1v) is 9.03. The smallest absolute Gasteiger partial charge is 0.254 e. The molecule has 1 unspecified atom stereocenters. The van der Waals surface area contributed by atoms with Crippen molar-refractivity contribution >= 4 is 35.8 Å². The maximum Gasteiger partial charge on any atom is 0.254 e. The molecule has 2 N–H and O–H groups in total. The number of nitrogens with zero attached hydrogens (tertiary/aromatic N) is 1. The van der Waals surface area contributed by atoms with Crippen LogP contribution in [0.15, 0.2) is 42.5 Å². The maximum atomic E-state index is 13.1. The molecule has 5 heteroatoms. The van der Waals surface area contributed by atoms with E-state index in [0.717, 1.165) is 23.6 Å². The second-order valence-electron chi connectivity index (χ2n) is 6.07. The van der Waals surface area contributed by atoms with Gasteiger partial charge in [-0.15, -0.1) is 12.4 Å². The number of anilines is 1. The SMILES string of the molecule is Cc1ccc(C2CSCCN2C(=O)c2cc(N)ccc2C)cc1.Cl. The molecule has 1 aliphatic rings. The molecule has 1 amide bonds. The average Bonchev–Trinajstić information content (AvgIpc) is 2.57. The molecule has 1 atom stereocenters. The zero-order chi connectivity index (χ0) is 16.4. The van der Waals surface area contributed by atoms with Gasteiger partial charge in [0.1, 0.15) is 0 Å². The standard InChI is InChI=1S/C19H22N2OS.ClH/c1-13-3-6-15(7-4-13)18-12-23-10-9-21(18)19(22)17-11-16(20)8-5-14(17)2;/h3-8,11,18H,9-10,12,20H2,1-2H3;1H. The maximum absolute atomic E-state index is 13.1. The van der Waals surface area contributed by atoms with Crippen LogP contribution in [0.5, 0.6) is 0 Å². The van der Waals surface area contributed by atoms with Crippen LogP contribution in [-0.2, 0) is 0 Å². The summed E-state index contributed by atoms with van der Waals surface area (Å²) in [6, 6.07) is 14.2. The predicted molar refractivity (Wildman–Crippen MR) is 105 cm³/mol. The van der Waals surface area contributed by atoms with Gasteiger partial charge >= 0.3 is 0 Å². The summed E-state index contributed by atoms with van der Waals surface area (Å²) in [5.41, 5.74) is 10.7. The Labute approximate surface area is 154 Å². The van der Waals surface area contributed by atoms with Gasteiger partial charge in [0.05, 0.1) is 6.04 Å². The Balaban J connectivity index is 0.00000208. The van der Waals surface area contributed by atoms with Crippen molar-refractivity contribution < 1.29 is 4.79 Å². The second kappa shape index (κ2) is 7.95. The van der Waals surface area contributed by atoms with Crippen molar-refractivity contribution in [2.45, 2.75) is 19.9 Å². The molecule has 1 fully saturated rings. The zero-order valence-corrected chi connectivity index (χ0v) is 15.6. The minimum Gasteiger partial charge on any atom is -0.399 e. The number of carbonyl (C=O) groups is 1. The lowest BCUT2D eigenvalue weighted by atomic mass is 10.0. The van der Waals surface area contributed by atoms with Crippen LogP contribution in [0, 0.1) is 13.8 Å². The van der Waals surface area contributed by atoms with E-state index in [1.807, 2.05) is 35.7 Å². The lowest BCUT2D eigenvalue weighted by molar-refractivity contribution is 0.0700. The van der Waals surface area contributed by atoms with Gasteiger partial charge in [-0.05, 0) is 37.1 Å². The molecule has 2 aromatic carbocycles. The van der Waals surface area contributed by atoms with Gasteiger partial charge in [-0.2, -0.15) is 11.8 Å². The molecule has 0 spiro atoms. The Morgan fingerprint density at radius 2 is 1.88 bits per heavy atom. The fraction of sp³-hybridized carbons (Fsp3) is 0.316. The molecule has 0 bridgehead atoms. The Morgan fingerprint density at radius 3 is 2.58 bits per heavy atom. The molecule has 0 radical (unpaired) electrons. The molecule has 24 heavy (non-hydrogen) atoms. The fourth-order valence-electron chi connectivity index (χ4n) is 2.94. The normalized spacial score (nSPS) is 17.2. The third kappa shape index (κ3) is 3.87. The number of aryl methyl sites for hydroxylation is 2. The summed E-state index contributed by atoms with van der Waals surface area (Å²) in [5.74, 6) is 2.01. The predicted octanol–water partition coefficient (Wildman–Crippen LogP) is 4.24. The summed E-state index contributed by atoms with van der Waals surface area (Å²) in [6.07, 6.45) is 0. The van der Waals surface area contributed by atoms with Crippen molar-refractivity contribution in [3.8, 4) is 0 Å². The lowest BCUT2D eigenvalue weighted by Crippen LogP contribution is -2.41. The molecular weight excluding hydrogens is 340 g/mol. The Bertz CT molecular complexity index is 718. The van der Waals surface area contributed by atoms with Gasteiger partial charge in [0, 0.05) is 29.3 Å². The third-order valence-corrected chi connectivity index (χ3v) is 5.37. The van der Waals surface area contributed by atoms with E-state index in [-0.39, 0.29) is 24.4 Å². The number of carbonyl (C=O) groups excluding carboxylic acids is 1. The fourth-order valence-corrected chi connectivity index (χ4v) is 4.02. The van der Waals surface area contributed by atoms with Crippen molar-refractivity contribution in [2.24, 2.45) is 0 Å². The van der Waals surface area contributed by atoms with E-state index in [4.69, 9.17) is 5.73 Å². The molecule has 3 rings (SSSR count). The summed E-state index contributed by atoms with van der Waals surface area (Å²) in [5, 5.41) is 0. The van der Waals surface area contributed by atoms with Crippen molar-refractivity contribution in [1.82, 2.24) is 4.90 Å². The van der Waals surface area contributed by atoms with Crippen molar-refractivity contribution in [2.75, 3.05) is 23.8 Å². The highest BCUT2D eigenvalue weighted by Crippen LogP contribution is 2.31. The van der Waals surface area contributed by atoms with Gasteiger partial charge in [0.15, 0.2) is 0 Å². The summed E-state index contributed by atoms with van der Waals surface area (Å²) < 4.78 is 0. The van der Waals surface area contributed by atoms with E-state index in [9.17, 15) is 4.79 Å². The largest absolute Gasteiger partial charge is 0.399 e. The van der Waals surface area contributed by atoms with Gasteiger partial charge < -0.3 is 10.6 Å². The minimum atomic E-state index is 0. The minimum absolute atomic E-state index is 0. The number of benzene rings is 2. The summed E-state index contributed by atoms with van der Waals surface area (Å²) in [7, 11) is 0. The first-order chi connectivity index (χ1) is 11.1. The first kappa shape index (κ1) is 18.7. The quantitative estimate of drug-likeness (QED) is 0.813. The monoisotopic (exact) mass is 362 g/mol. The number of amides is 1. The van der Waals surface area contributed by atoms with E-state index < -0.39 is 0 Å². The first-order valence-electron chi connectivity index (χ1n) is 7.87. The third-order valence-electron chi connectivity index (χ3n) is 4.34. The second-order valence-corrected chi connectivity index (χ2v) is 7.22. The van der Waals surface area contributed by atoms with Gasteiger partial charge in [-0.1, -0.05) is 35.9 Å². The van der Waals surface area contributed by atoms with Crippen molar-refractivity contribution in [1.29, 1.82) is 0 Å². The summed E-state index contributed by atoms with van der Waals surface area (Å²) in [6.45, 7) is 4.82. The van der Waals surface area contributed by atoms with Gasteiger partial charge in [-0.25, -0.2) is 0 Å². The van der Waals surface area contributed by atoms with Crippen LogP contribution in [0.25, 0.3) is 0 Å². The van der Waals surface area contributed by atoms with Crippen LogP contribution in [0.3, 0.4) is 0 Å². The Kier molecular flexibility index (Phi) is 6.19. The molecule has 3 nitrogen and oxygen atoms in total. The summed E-state index contributed by atoms with van der Waals surface area (Å²) >= 11 is 1.91. The van der Waals surface area contributed by atoms with Crippen molar-refractivity contribution in [3.05, 3.63) is 64.7 Å². The molecule has 0 aliphatic carbocycles. The highest BCUT2D eigenvalue weighted by molar-refractivity contribution is 7.99. The van der Waals surface area contributed by atoms with Crippen LogP contribution >= 0.6 is 24.2 Å². The van der Waals surface area contributed by atoms with E-state index in [2.05, 4.69) is 31.2 Å². The number of nitrogen functional groups attached to an aromatic ring is 1. The van der Waals surface area contributed by atoms with E-state index in [1.54, 1.807) is 6.07 Å². The van der Waals surface area contributed by atoms with Crippen LogP contribution < -0.4 is 5.73 Å². The number of nitrogens with two attached hydrogens (primary N) is 1. The lowest BCUT2D eigenvalue weighted by Gasteiger charge is -2.36. The van der Waals surface area contributed by atoms with E-state index >= 15 is 0 Å². The molecule has 0 aromatic heterocycles. The molecule has 2 aromatic rings. The Morgan fingerprint density at radius 1 is 1.17 bits per heavy atom. The zero-order valence-electron chi connectivity index (χ0n) is 14.0. The van der Waals surface area contributed by atoms with Crippen LogP contribution in [0.1, 0.15) is 33.1 Å². The van der Waals surface area contributed by atoms with E-state index in [1.165, 1.54) is 11.1 Å². The van der Waals surface area contributed by atoms with Crippen LogP contribution in [0.2, 0.25) is 0 Å². The molecule has 1 heterocycles.